The Kier molecular flexibility index (Phi) is 5.09. The van der Waals surface area contributed by atoms with E-state index >= 15 is 0 Å². The van der Waals surface area contributed by atoms with E-state index in [-0.39, 0.29) is 29.6 Å². The summed E-state index contributed by atoms with van der Waals surface area (Å²) < 4.78 is 28.3. The zero-order valence-corrected chi connectivity index (χ0v) is 7.36. The van der Waals surface area contributed by atoms with Crippen molar-refractivity contribution in [3.05, 3.63) is 0 Å². The summed E-state index contributed by atoms with van der Waals surface area (Å²) in [4.78, 5) is 9.56. The van der Waals surface area contributed by atoms with Crippen LogP contribution in [0.5, 0.6) is 0 Å². The van der Waals surface area contributed by atoms with Gasteiger partial charge in [-0.2, -0.15) is 0 Å². The summed E-state index contributed by atoms with van der Waals surface area (Å²) in [5.41, 5.74) is 0. The van der Waals surface area contributed by atoms with Crippen molar-refractivity contribution in [1.29, 1.82) is 0 Å². The Bertz CT molecular complexity index is 168. The van der Waals surface area contributed by atoms with Gasteiger partial charge in [0.25, 0.3) is 0 Å². The molecule has 0 saturated heterocycles. The van der Waals surface area contributed by atoms with Gasteiger partial charge in [-0.3, -0.25) is 4.79 Å². The maximum absolute atomic E-state index is 9.56. The zero-order chi connectivity index (χ0) is 6.08. The van der Waals surface area contributed by atoms with Gasteiger partial charge >= 0.3 is 29.6 Å². The van der Waals surface area contributed by atoms with Crippen molar-refractivity contribution < 1.29 is 47.3 Å². The zero-order valence-electron chi connectivity index (χ0n) is 4.54. The maximum Gasteiger partial charge on any atom is 1.00 e. The molecule has 0 atom stereocenters. The first-order chi connectivity index (χ1) is 2.94. The largest absolute Gasteiger partial charge is 1.00 e. The van der Waals surface area contributed by atoms with Crippen molar-refractivity contribution in [3.8, 4) is 0 Å². The monoisotopic (exact) mass is 146 g/mol. The smallest absolute Gasteiger partial charge is 0.742 e. The third-order valence-electron chi connectivity index (χ3n) is 0.352. The summed E-state index contributed by atoms with van der Waals surface area (Å²) in [6.45, 7) is 0.711. The number of rotatable bonds is 0. The molecule has 0 aromatic heterocycles. The molecule has 0 rings (SSSR count). The molecule has 0 aliphatic carbocycles. The minimum Gasteiger partial charge on any atom is -0.742 e. The van der Waals surface area contributed by atoms with Crippen molar-refractivity contribution >= 4 is 15.2 Å². The average molecular weight is 146 g/mol. The molecule has 4 nitrogen and oxygen atoms in total. The van der Waals surface area contributed by atoms with Crippen LogP contribution in [0.2, 0.25) is 0 Å². The normalized spacial score (nSPS) is 9.75. The maximum atomic E-state index is 9.56. The summed E-state index contributed by atoms with van der Waals surface area (Å²) >= 11 is 0. The number of carbonyl (C=O) groups is 1. The minimum absolute atomic E-state index is 0. The standard InChI is InChI=1S/C2H4O4S.Na/c1-2(3)7(4,5)6;/h1H3,(H,4,5,6);/q;+1/p-1. The van der Waals surface area contributed by atoms with Crippen molar-refractivity contribution in [3.63, 3.8) is 0 Å². The summed E-state index contributed by atoms with van der Waals surface area (Å²) in [5.74, 6) is 0. The fourth-order valence-electron chi connectivity index (χ4n) is 0. The molecule has 0 unspecified atom stereocenters. The molecule has 6 heteroatoms. The molecular weight excluding hydrogens is 143 g/mol. The van der Waals surface area contributed by atoms with Crippen molar-refractivity contribution in [2.24, 2.45) is 0 Å². The van der Waals surface area contributed by atoms with Gasteiger partial charge < -0.3 is 4.55 Å². The summed E-state index contributed by atoms with van der Waals surface area (Å²) in [5, 5.41) is -1.34. The summed E-state index contributed by atoms with van der Waals surface area (Å²) in [6.07, 6.45) is 0. The quantitative estimate of drug-likeness (QED) is 0.258. The second kappa shape index (κ2) is 3.58. The molecule has 8 heavy (non-hydrogen) atoms. The fraction of sp³-hybridized carbons (Fsp3) is 0.500. The van der Waals surface area contributed by atoms with E-state index in [1.165, 1.54) is 0 Å². The first-order valence-corrected chi connectivity index (χ1v) is 2.82. The van der Waals surface area contributed by atoms with E-state index in [1.54, 1.807) is 0 Å². The predicted octanol–water partition coefficient (Wildman–Crippen LogP) is -3.92. The molecule has 0 heterocycles. The molecule has 0 fully saturated rings. The van der Waals surface area contributed by atoms with Gasteiger partial charge in [0.15, 0.2) is 10.1 Å². The fourth-order valence-corrected chi connectivity index (χ4v) is 0. The predicted molar refractivity (Wildman–Crippen MR) is 20.4 cm³/mol. The summed E-state index contributed by atoms with van der Waals surface area (Å²) in [6, 6.07) is 0. The van der Waals surface area contributed by atoms with Gasteiger partial charge in [0.2, 0.25) is 5.12 Å². The minimum atomic E-state index is -4.63. The van der Waals surface area contributed by atoms with Gasteiger partial charge in [-0.15, -0.1) is 0 Å². The number of hydrogen-bond acceptors (Lipinski definition) is 4. The van der Waals surface area contributed by atoms with Crippen LogP contribution in [0.3, 0.4) is 0 Å². The molecule has 0 spiro atoms. The van der Waals surface area contributed by atoms with Crippen LogP contribution in [0.4, 0.5) is 0 Å². The molecule has 0 bridgehead atoms. The molecule has 42 valence electrons. The Balaban J connectivity index is 0. The Morgan fingerprint density at radius 1 is 1.50 bits per heavy atom. The molecule has 0 radical (unpaired) electrons. The number of carbonyl (C=O) groups excluding carboxylic acids is 1. The third-order valence-corrected chi connectivity index (χ3v) is 1.06. The van der Waals surface area contributed by atoms with Crippen LogP contribution in [-0.2, 0) is 14.9 Å². The molecule has 0 aromatic carbocycles. The first kappa shape index (κ1) is 11.4. The molecular formula is C2H3NaO4S. The molecule has 0 saturated carbocycles. The molecule has 0 aliphatic rings. The molecule has 0 aromatic rings. The van der Waals surface area contributed by atoms with E-state index in [0.717, 1.165) is 0 Å². The van der Waals surface area contributed by atoms with Gasteiger partial charge in [-0.25, -0.2) is 8.42 Å². The molecule has 0 aliphatic heterocycles. The number of hydrogen-bond donors (Lipinski definition) is 0. The van der Waals surface area contributed by atoms with Crippen LogP contribution in [0.1, 0.15) is 6.92 Å². The van der Waals surface area contributed by atoms with Gasteiger partial charge in [-0.05, 0) is 0 Å². The van der Waals surface area contributed by atoms with Crippen molar-refractivity contribution in [2.75, 3.05) is 0 Å². The van der Waals surface area contributed by atoms with Gasteiger partial charge in [0.1, 0.15) is 0 Å². The topological polar surface area (TPSA) is 74.3 Å². The van der Waals surface area contributed by atoms with E-state index in [4.69, 9.17) is 0 Å². The summed E-state index contributed by atoms with van der Waals surface area (Å²) in [7, 11) is -4.63. The van der Waals surface area contributed by atoms with E-state index in [9.17, 15) is 17.8 Å². The Hall–Kier alpha value is 0.580. The van der Waals surface area contributed by atoms with Gasteiger partial charge in [0.05, 0.1) is 0 Å². The first-order valence-electron chi connectivity index (χ1n) is 1.41. The van der Waals surface area contributed by atoms with Crippen molar-refractivity contribution in [1.82, 2.24) is 0 Å². The molecule has 0 N–H and O–H groups in total. The van der Waals surface area contributed by atoms with Crippen LogP contribution in [0, 0.1) is 0 Å². The van der Waals surface area contributed by atoms with E-state index in [0.29, 0.717) is 6.92 Å². The Labute approximate surface area is 69.3 Å². The van der Waals surface area contributed by atoms with Crippen LogP contribution in [0.15, 0.2) is 0 Å². The second-order valence-corrected chi connectivity index (χ2v) is 2.43. The van der Waals surface area contributed by atoms with E-state index < -0.39 is 15.2 Å². The Morgan fingerprint density at radius 3 is 1.62 bits per heavy atom. The van der Waals surface area contributed by atoms with Gasteiger partial charge in [-0.1, -0.05) is 0 Å². The second-order valence-electron chi connectivity index (χ2n) is 0.946. The van der Waals surface area contributed by atoms with E-state index in [2.05, 4.69) is 0 Å². The van der Waals surface area contributed by atoms with Gasteiger partial charge in [0, 0.05) is 6.92 Å². The van der Waals surface area contributed by atoms with Crippen LogP contribution in [0.25, 0.3) is 0 Å². The SMILES string of the molecule is CC(=O)S(=O)(=O)[O-].[Na+]. The Morgan fingerprint density at radius 2 is 1.62 bits per heavy atom. The average Bonchev–Trinajstić information content (AvgIpc) is 1.31. The van der Waals surface area contributed by atoms with Crippen LogP contribution >= 0.6 is 0 Å². The van der Waals surface area contributed by atoms with Crippen LogP contribution < -0.4 is 29.6 Å². The van der Waals surface area contributed by atoms with Crippen LogP contribution in [-0.4, -0.2) is 18.1 Å². The van der Waals surface area contributed by atoms with Crippen molar-refractivity contribution in [2.45, 2.75) is 6.92 Å². The molecule has 0 amide bonds. The van der Waals surface area contributed by atoms with E-state index in [1.807, 2.05) is 0 Å². The third kappa shape index (κ3) is 4.73.